The van der Waals surface area contributed by atoms with Crippen molar-refractivity contribution in [1.82, 2.24) is 9.55 Å². The molecule has 0 radical (unpaired) electrons. The zero-order valence-corrected chi connectivity index (χ0v) is 11.1. The molecule has 0 amide bonds. The van der Waals surface area contributed by atoms with Crippen LogP contribution in [0.2, 0.25) is 0 Å². The van der Waals surface area contributed by atoms with Gasteiger partial charge in [0.05, 0.1) is 30.5 Å². The number of ether oxygens (including phenoxy) is 1. The van der Waals surface area contributed by atoms with E-state index in [1.165, 1.54) is 18.9 Å². The number of para-hydroxylation sites is 2. The van der Waals surface area contributed by atoms with Gasteiger partial charge in [-0.25, -0.2) is 4.98 Å². The third-order valence-corrected chi connectivity index (χ3v) is 4.26. The highest BCUT2D eigenvalue weighted by Gasteiger charge is 2.32. The first-order chi connectivity index (χ1) is 9.20. The number of benzene rings is 1. The van der Waals surface area contributed by atoms with Crippen molar-refractivity contribution in [2.24, 2.45) is 5.92 Å². The molecule has 0 fully saturated rings. The molecular weight excluding hydrogens is 264 g/mol. The normalized spacial score (nSPS) is 18.4. The molecule has 1 aliphatic heterocycles. The highest BCUT2D eigenvalue weighted by Crippen LogP contribution is 2.32. The van der Waals surface area contributed by atoms with Gasteiger partial charge in [0.1, 0.15) is 0 Å². The van der Waals surface area contributed by atoms with Crippen LogP contribution >= 0.6 is 11.8 Å². The van der Waals surface area contributed by atoms with Crippen molar-refractivity contribution in [3.63, 3.8) is 0 Å². The minimum atomic E-state index is -0.355. The van der Waals surface area contributed by atoms with Gasteiger partial charge in [0.2, 0.25) is 5.91 Å². The number of aromatic nitrogens is 2. The van der Waals surface area contributed by atoms with Crippen molar-refractivity contribution in [3.8, 4) is 0 Å². The van der Waals surface area contributed by atoms with Gasteiger partial charge in [-0.3, -0.25) is 14.2 Å². The maximum Gasteiger partial charge on any atom is 0.306 e. The van der Waals surface area contributed by atoms with Crippen molar-refractivity contribution in [2.45, 2.75) is 11.6 Å². The molecular formula is C13H12N2O3S. The van der Waals surface area contributed by atoms with E-state index in [1.54, 1.807) is 4.57 Å². The van der Waals surface area contributed by atoms with Crippen molar-refractivity contribution < 1.29 is 14.3 Å². The summed E-state index contributed by atoms with van der Waals surface area (Å²) in [6.45, 7) is 0. The van der Waals surface area contributed by atoms with Crippen LogP contribution in [0.5, 0.6) is 0 Å². The molecule has 3 rings (SSSR count). The lowest BCUT2D eigenvalue weighted by Crippen LogP contribution is -2.30. The second kappa shape index (κ2) is 4.70. The fourth-order valence-corrected chi connectivity index (χ4v) is 3.26. The second-order valence-electron chi connectivity index (χ2n) is 4.34. The Kier molecular flexibility index (Phi) is 3.02. The molecule has 19 heavy (non-hydrogen) atoms. The lowest BCUT2D eigenvalue weighted by Gasteiger charge is -2.20. The van der Waals surface area contributed by atoms with Crippen LogP contribution in [-0.2, 0) is 9.53 Å². The van der Waals surface area contributed by atoms with E-state index < -0.39 is 0 Å². The number of carbonyl (C=O) groups is 2. The highest BCUT2D eigenvalue weighted by molar-refractivity contribution is 7.99. The Balaban J connectivity index is 2.00. The quantitative estimate of drug-likeness (QED) is 0.785. The molecule has 2 heterocycles. The molecule has 1 aromatic heterocycles. The smallest absolute Gasteiger partial charge is 0.306 e. The molecule has 0 saturated heterocycles. The first kappa shape index (κ1) is 12.2. The number of carbonyl (C=O) groups excluding carboxylic acids is 2. The first-order valence-corrected chi connectivity index (χ1v) is 6.90. The summed E-state index contributed by atoms with van der Waals surface area (Å²) in [4.78, 5) is 28.2. The van der Waals surface area contributed by atoms with Gasteiger partial charge in [0.15, 0.2) is 5.16 Å². The summed E-state index contributed by atoms with van der Waals surface area (Å²) in [7, 11) is 1.33. The molecule has 0 saturated carbocycles. The van der Waals surface area contributed by atoms with Gasteiger partial charge in [-0.05, 0) is 12.1 Å². The van der Waals surface area contributed by atoms with Gasteiger partial charge in [-0.2, -0.15) is 0 Å². The van der Waals surface area contributed by atoms with Gasteiger partial charge in [0, 0.05) is 5.75 Å². The average molecular weight is 276 g/mol. The molecule has 1 atom stereocenters. The minimum Gasteiger partial charge on any atom is -0.469 e. The van der Waals surface area contributed by atoms with Gasteiger partial charge in [-0.15, -0.1) is 0 Å². The maximum atomic E-state index is 12.4. The van der Waals surface area contributed by atoms with Crippen LogP contribution < -0.4 is 0 Å². The van der Waals surface area contributed by atoms with E-state index in [2.05, 4.69) is 9.72 Å². The maximum absolute atomic E-state index is 12.4. The summed E-state index contributed by atoms with van der Waals surface area (Å²) >= 11 is 1.50. The number of esters is 1. The molecule has 2 aromatic rings. The Morgan fingerprint density at radius 1 is 1.53 bits per heavy atom. The predicted molar refractivity (Wildman–Crippen MR) is 71.2 cm³/mol. The van der Waals surface area contributed by atoms with Crippen LogP contribution in [0.15, 0.2) is 29.4 Å². The highest BCUT2D eigenvalue weighted by atomic mass is 32.2. The molecule has 5 nitrogen and oxygen atoms in total. The Morgan fingerprint density at radius 2 is 2.32 bits per heavy atom. The zero-order valence-electron chi connectivity index (χ0n) is 10.3. The molecule has 1 unspecified atom stereocenters. The number of rotatable bonds is 2. The van der Waals surface area contributed by atoms with Crippen LogP contribution in [0, 0.1) is 5.92 Å². The monoisotopic (exact) mass is 276 g/mol. The van der Waals surface area contributed by atoms with Crippen molar-refractivity contribution >= 4 is 34.7 Å². The van der Waals surface area contributed by atoms with Crippen LogP contribution in [0.3, 0.4) is 0 Å². The average Bonchev–Trinajstić information content (AvgIpc) is 2.81. The van der Waals surface area contributed by atoms with Crippen LogP contribution in [0.25, 0.3) is 11.0 Å². The van der Waals surface area contributed by atoms with E-state index in [9.17, 15) is 9.59 Å². The van der Waals surface area contributed by atoms with Crippen molar-refractivity contribution in [3.05, 3.63) is 24.3 Å². The van der Waals surface area contributed by atoms with Crippen molar-refractivity contribution in [2.75, 3.05) is 12.9 Å². The lowest BCUT2D eigenvalue weighted by atomic mass is 10.1. The summed E-state index contributed by atoms with van der Waals surface area (Å²) in [5.41, 5.74) is 1.60. The number of nitrogens with zero attached hydrogens (tertiary/aromatic N) is 2. The third kappa shape index (κ3) is 2.02. The first-order valence-electron chi connectivity index (χ1n) is 5.92. The summed E-state index contributed by atoms with van der Waals surface area (Å²) < 4.78 is 6.24. The fraction of sp³-hybridized carbons (Fsp3) is 0.308. The largest absolute Gasteiger partial charge is 0.469 e. The number of hydrogen-bond donors (Lipinski definition) is 0. The summed E-state index contributed by atoms with van der Waals surface area (Å²) in [5, 5.41) is 0.701. The standard InChI is InChI=1S/C13H12N2O3S/c1-18-11(16)6-8-7-19-13-14-9-4-2-3-5-10(9)15(13)12(8)17/h2-5,8H,6-7H2,1H3. The third-order valence-electron chi connectivity index (χ3n) is 3.15. The van der Waals surface area contributed by atoms with E-state index in [-0.39, 0.29) is 24.2 Å². The predicted octanol–water partition coefficient (Wildman–Crippen LogP) is 1.96. The second-order valence-corrected chi connectivity index (χ2v) is 5.33. The number of imidazole rings is 1. The topological polar surface area (TPSA) is 61.2 Å². The summed E-state index contributed by atoms with van der Waals surface area (Å²) in [6.07, 6.45) is 0.119. The summed E-state index contributed by atoms with van der Waals surface area (Å²) in [6, 6.07) is 7.51. The minimum absolute atomic E-state index is 0.0761. The van der Waals surface area contributed by atoms with E-state index in [4.69, 9.17) is 0 Å². The van der Waals surface area contributed by atoms with Gasteiger partial charge < -0.3 is 4.74 Å². The molecule has 1 aromatic carbocycles. The molecule has 0 bridgehead atoms. The molecule has 0 aliphatic carbocycles. The van der Waals surface area contributed by atoms with E-state index in [1.807, 2.05) is 24.3 Å². The van der Waals surface area contributed by atoms with E-state index >= 15 is 0 Å². The Bertz CT molecular complexity index is 665. The zero-order chi connectivity index (χ0) is 13.4. The van der Waals surface area contributed by atoms with Crippen LogP contribution in [0.4, 0.5) is 0 Å². The SMILES string of the molecule is COC(=O)CC1CSc2nc3ccccc3n2C1=O. The molecule has 0 N–H and O–H groups in total. The molecule has 1 aliphatic rings. The fourth-order valence-electron chi connectivity index (χ4n) is 2.17. The Hall–Kier alpha value is -1.82. The molecule has 6 heteroatoms. The lowest BCUT2D eigenvalue weighted by molar-refractivity contribution is -0.141. The van der Waals surface area contributed by atoms with Gasteiger partial charge >= 0.3 is 5.97 Å². The number of hydrogen-bond acceptors (Lipinski definition) is 5. The number of methoxy groups -OCH3 is 1. The van der Waals surface area contributed by atoms with Crippen LogP contribution in [0.1, 0.15) is 11.2 Å². The van der Waals surface area contributed by atoms with Crippen LogP contribution in [-0.4, -0.2) is 34.3 Å². The Labute approximate surface area is 113 Å². The van der Waals surface area contributed by atoms with Crippen molar-refractivity contribution in [1.29, 1.82) is 0 Å². The number of fused-ring (bicyclic) bond motifs is 3. The van der Waals surface area contributed by atoms with E-state index in [0.29, 0.717) is 10.9 Å². The summed E-state index contributed by atoms with van der Waals surface area (Å²) in [5.74, 6) is -0.209. The van der Waals surface area contributed by atoms with E-state index in [0.717, 1.165) is 11.0 Å². The Morgan fingerprint density at radius 3 is 3.11 bits per heavy atom. The number of thioether (sulfide) groups is 1. The molecule has 0 spiro atoms. The van der Waals surface area contributed by atoms with Gasteiger partial charge in [0.25, 0.3) is 0 Å². The van der Waals surface area contributed by atoms with Gasteiger partial charge in [-0.1, -0.05) is 23.9 Å². The molecule has 98 valence electrons.